The van der Waals surface area contributed by atoms with Crippen molar-refractivity contribution in [3.8, 4) is 0 Å². The first-order chi connectivity index (χ1) is 47.7. The maximum Gasteiger partial charge on any atom is 0.472 e. The largest absolute Gasteiger partial charge is 0.472 e. The van der Waals surface area contributed by atoms with Gasteiger partial charge in [0.05, 0.1) is 26.4 Å². The molecule has 19 heteroatoms. The van der Waals surface area contributed by atoms with Crippen LogP contribution in [0.1, 0.15) is 323 Å². The van der Waals surface area contributed by atoms with Crippen LogP contribution in [0.5, 0.6) is 0 Å². The number of carbonyl (C=O) groups is 4. The number of rotatable bonds is 72. The number of hydrogen-bond acceptors (Lipinski definition) is 15. The smallest absolute Gasteiger partial charge is 0.462 e. The van der Waals surface area contributed by atoms with Gasteiger partial charge < -0.3 is 33.8 Å². The second kappa shape index (κ2) is 71.4. The first-order valence-electron chi connectivity index (χ1n) is 38.5. The fourth-order valence-electron chi connectivity index (χ4n) is 10.2. The first-order valence-corrected chi connectivity index (χ1v) is 41.5. The third-order valence-electron chi connectivity index (χ3n) is 16.0. The van der Waals surface area contributed by atoms with Crippen molar-refractivity contribution in [3.05, 3.63) is 97.2 Å². The summed E-state index contributed by atoms with van der Waals surface area (Å²) in [6.45, 7) is 4.58. The highest BCUT2D eigenvalue weighted by atomic mass is 31.2. The Morgan fingerprint density at radius 3 is 0.857 bits per heavy atom. The molecule has 0 amide bonds. The van der Waals surface area contributed by atoms with Crippen molar-refractivity contribution in [2.24, 2.45) is 0 Å². The fraction of sp³-hybridized carbons (Fsp3) is 0.747. The molecule has 0 saturated heterocycles. The molecule has 0 heterocycles. The molecule has 0 saturated carbocycles. The Balaban J connectivity index is 5.34. The van der Waals surface area contributed by atoms with Gasteiger partial charge in [0.15, 0.2) is 12.2 Å². The van der Waals surface area contributed by atoms with Gasteiger partial charge >= 0.3 is 39.5 Å². The minimum absolute atomic E-state index is 0.0811. The van der Waals surface area contributed by atoms with Gasteiger partial charge in [-0.25, -0.2) is 9.13 Å². The molecule has 0 radical (unpaired) electrons. The lowest BCUT2D eigenvalue weighted by Crippen LogP contribution is -2.30. The van der Waals surface area contributed by atoms with Crippen molar-refractivity contribution in [2.75, 3.05) is 39.6 Å². The number of phosphoric ester groups is 2. The van der Waals surface area contributed by atoms with Gasteiger partial charge in [0.1, 0.15) is 19.3 Å². The van der Waals surface area contributed by atoms with Gasteiger partial charge in [0, 0.05) is 25.7 Å². The van der Waals surface area contributed by atoms with Crippen LogP contribution >= 0.6 is 15.6 Å². The monoisotopic (exact) mass is 1420 g/mol. The first kappa shape index (κ1) is 94.0. The predicted molar refractivity (Wildman–Crippen MR) is 399 cm³/mol. The lowest BCUT2D eigenvalue weighted by atomic mass is 10.1. The summed E-state index contributed by atoms with van der Waals surface area (Å²) < 4.78 is 68.5. The fourth-order valence-corrected chi connectivity index (χ4v) is 11.7. The topological polar surface area (TPSA) is 237 Å². The van der Waals surface area contributed by atoms with E-state index in [2.05, 4.69) is 125 Å². The Labute approximate surface area is 595 Å². The van der Waals surface area contributed by atoms with Crippen LogP contribution in [0.3, 0.4) is 0 Å². The standard InChI is InChI=1S/C79H138O17P2/c1-5-9-13-17-21-25-29-32-34-36-38-41-45-48-52-56-60-64-77(82)90-70-75(96-79(84)66-62-58-54-50-46-42-39-37-35-33-30-26-22-18-14-10-6-2)72-94-98(87,88)92-68-73(80)67-91-97(85,86)93-71-74(95-78(83)65-61-57-53-49-43-28-24-20-16-12-8-4)69-89-76(81)63-59-55-51-47-44-40-31-27-23-19-15-11-7-3/h9-10,13-14,20-22,24-27,31-35,73-75,80H,5-8,11-12,15-19,23,28-30,36-72H2,1-4H3,(H,85,86)(H,87,88)/b13-9-,14-10-,24-20-,25-21-,26-22-,31-27-,34-32-,35-33-. The molecule has 0 spiro atoms. The molecular formula is C79H138O17P2. The SMILES string of the molecule is CC/C=C\C/C=C\C/C=C\CCCCCCCCCC(=O)OCC(COP(=O)(O)OCC(O)COP(=O)(O)OCC(COC(=O)CCCCCCC/C=C\CCCCCC)OC(=O)CCCCCCC/C=C\CCCC)OC(=O)CCCCCCCCC/C=C\C/C=C\C/C=C\CC. The summed E-state index contributed by atoms with van der Waals surface area (Å²) >= 11 is 0. The van der Waals surface area contributed by atoms with Crippen molar-refractivity contribution in [3.63, 3.8) is 0 Å². The number of carbonyl (C=O) groups excluding carboxylic acids is 4. The third kappa shape index (κ3) is 70.4. The van der Waals surface area contributed by atoms with Gasteiger partial charge in [-0.05, 0) is 135 Å². The van der Waals surface area contributed by atoms with E-state index in [1.807, 2.05) is 0 Å². The Morgan fingerprint density at radius 1 is 0.296 bits per heavy atom. The summed E-state index contributed by atoms with van der Waals surface area (Å²) in [6.07, 6.45) is 74.0. The van der Waals surface area contributed by atoms with Gasteiger partial charge in [-0.1, -0.05) is 260 Å². The van der Waals surface area contributed by atoms with Crippen LogP contribution in [0, 0.1) is 0 Å². The molecule has 0 aliphatic rings. The Morgan fingerprint density at radius 2 is 0.541 bits per heavy atom. The minimum Gasteiger partial charge on any atom is -0.462 e. The van der Waals surface area contributed by atoms with Crippen molar-refractivity contribution >= 4 is 39.5 Å². The average Bonchev–Trinajstić information content (AvgIpc) is 0.980. The van der Waals surface area contributed by atoms with Crippen LogP contribution in [-0.2, 0) is 65.4 Å². The second-order valence-electron chi connectivity index (χ2n) is 25.5. The summed E-state index contributed by atoms with van der Waals surface area (Å²) in [7, 11) is -9.95. The number of unbranched alkanes of at least 4 members (excludes halogenated alkanes) is 30. The number of esters is 4. The average molecular weight is 1420 g/mol. The van der Waals surface area contributed by atoms with E-state index in [1.54, 1.807) is 0 Å². The molecule has 0 aliphatic carbocycles. The quantitative estimate of drug-likeness (QED) is 0.0169. The third-order valence-corrected chi connectivity index (χ3v) is 17.9. The van der Waals surface area contributed by atoms with E-state index in [0.29, 0.717) is 25.7 Å². The second-order valence-corrected chi connectivity index (χ2v) is 28.4. The molecule has 566 valence electrons. The number of phosphoric acid groups is 2. The molecule has 5 unspecified atom stereocenters. The lowest BCUT2D eigenvalue weighted by molar-refractivity contribution is -0.161. The van der Waals surface area contributed by atoms with Crippen molar-refractivity contribution in [2.45, 2.75) is 341 Å². The molecule has 0 bridgehead atoms. The van der Waals surface area contributed by atoms with Crippen molar-refractivity contribution < 1.29 is 80.2 Å². The molecular weight excluding hydrogens is 1280 g/mol. The van der Waals surface area contributed by atoms with Gasteiger partial charge in [0.2, 0.25) is 0 Å². The van der Waals surface area contributed by atoms with Gasteiger partial charge in [0.25, 0.3) is 0 Å². The molecule has 17 nitrogen and oxygen atoms in total. The van der Waals surface area contributed by atoms with Crippen LogP contribution in [0.2, 0.25) is 0 Å². The zero-order valence-electron chi connectivity index (χ0n) is 61.7. The van der Waals surface area contributed by atoms with E-state index in [1.165, 1.54) is 38.5 Å². The van der Waals surface area contributed by atoms with E-state index in [9.17, 15) is 43.2 Å². The van der Waals surface area contributed by atoms with Crippen molar-refractivity contribution in [1.82, 2.24) is 0 Å². The normalized spacial score (nSPS) is 14.5. The predicted octanol–water partition coefficient (Wildman–Crippen LogP) is 22.0. The molecule has 5 atom stereocenters. The summed E-state index contributed by atoms with van der Waals surface area (Å²) in [5.41, 5.74) is 0. The maximum absolute atomic E-state index is 13.1. The highest BCUT2D eigenvalue weighted by molar-refractivity contribution is 7.47. The number of allylic oxidation sites excluding steroid dienone is 16. The van der Waals surface area contributed by atoms with Crippen molar-refractivity contribution in [1.29, 1.82) is 0 Å². The molecule has 0 aromatic carbocycles. The lowest BCUT2D eigenvalue weighted by Gasteiger charge is -2.21. The summed E-state index contributed by atoms with van der Waals surface area (Å²) in [5, 5.41) is 10.6. The molecule has 0 aromatic rings. The molecule has 98 heavy (non-hydrogen) atoms. The van der Waals surface area contributed by atoms with Gasteiger partial charge in [-0.3, -0.25) is 37.3 Å². The van der Waals surface area contributed by atoms with E-state index < -0.39 is 97.5 Å². The number of hydrogen-bond donors (Lipinski definition) is 3. The molecule has 0 aliphatic heterocycles. The van der Waals surface area contributed by atoms with Crippen LogP contribution < -0.4 is 0 Å². The Kier molecular flexibility index (Phi) is 68.4. The number of ether oxygens (including phenoxy) is 4. The van der Waals surface area contributed by atoms with E-state index in [4.69, 9.17) is 37.0 Å². The molecule has 0 fully saturated rings. The maximum atomic E-state index is 13.1. The van der Waals surface area contributed by atoms with Crippen LogP contribution in [0.4, 0.5) is 0 Å². The van der Waals surface area contributed by atoms with E-state index in [0.717, 1.165) is 205 Å². The van der Waals surface area contributed by atoms with Crippen LogP contribution in [0.25, 0.3) is 0 Å². The Hall–Kier alpha value is -4.02. The van der Waals surface area contributed by atoms with E-state index in [-0.39, 0.29) is 25.7 Å². The highest BCUT2D eigenvalue weighted by Crippen LogP contribution is 2.45. The Bertz CT molecular complexity index is 2240. The van der Waals surface area contributed by atoms with Crippen LogP contribution in [-0.4, -0.2) is 96.7 Å². The highest BCUT2D eigenvalue weighted by Gasteiger charge is 2.30. The zero-order valence-corrected chi connectivity index (χ0v) is 63.5. The minimum atomic E-state index is -4.98. The van der Waals surface area contributed by atoms with E-state index >= 15 is 0 Å². The summed E-state index contributed by atoms with van der Waals surface area (Å²) in [4.78, 5) is 72.8. The van der Waals surface area contributed by atoms with Gasteiger partial charge in [-0.15, -0.1) is 0 Å². The molecule has 0 rings (SSSR count). The number of aliphatic hydroxyl groups excluding tert-OH is 1. The van der Waals surface area contributed by atoms with Gasteiger partial charge in [-0.2, -0.15) is 0 Å². The molecule has 3 N–H and O–H groups in total. The number of aliphatic hydroxyl groups is 1. The zero-order chi connectivity index (χ0) is 71.8. The molecule has 0 aromatic heterocycles. The van der Waals surface area contributed by atoms with Crippen LogP contribution in [0.15, 0.2) is 97.2 Å². The summed E-state index contributed by atoms with van der Waals surface area (Å²) in [5.74, 6) is -2.20. The summed E-state index contributed by atoms with van der Waals surface area (Å²) in [6, 6.07) is 0.